The van der Waals surface area contributed by atoms with Gasteiger partial charge in [0.25, 0.3) is 5.91 Å². The summed E-state index contributed by atoms with van der Waals surface area (Å²) in [5, 5.41) is 5.35. The zero-order chi connectivity index (χ0) is 29.9. The molecule has 43 heavy (non-hydrogen) atoms. The molecule has 1 aliphatic carbocycles. The number of aliphatic imine (C=N–C) groups is 1. The van der Waals surface area contributed by atoms with Crippen LogP contribution in [0.3, 0.4) is 0 Å². The Hall–Kier alpha value is -4.73. The molecular formula is C33H34FN5O4. The second kappa shape index (κ2) is 12.2. The number of anilines is 2. The van der Waals surface area contributed by atoms with E-state index in [1.54, 1.807) is 66.7 Å². The molecule has 0 radical (unpaired) electrons. The van der Waals surface area contributed by atoms with E-state index in [-0.39, 0.29) is 23.7 Å². The summed E-state index contributed by atoms with van der Waals surface area (Å²) in [6, 6.07) is 19.3. The summed E-state index contributed by atoms with van der Waals surface area (Å²) in [4.78, 5) is 49.0. The van der Waals surface area contributed by atoms with E-state index in [9.17, 15) is 14.4 Å². The van der Waals surface area contributed by atoms with Gasteiger partial charge in [-0.3, -0.25) is 14.5 Å². The molecule has 4 aliphatic rings. The zero-order valence-electron chi connectivity index (χ0n) is 24.0. The molecule has 3 fully saturated rings. The van der Waals surface area contributed by atoms with Gasteiger partial charge in [-0.05, 0) is 67.9 Å². The smallest absolute Gasteiger partial charge is 0.321 e. The van der Waals surface area contributed by atoms with E-state index >= 15 is 4.39 Å². The van der Waals surface area contributed by atoms with Crippen LogP contribution in [0.1, 0.15) is 36.8 Å². The van der Waals surface area contributed by atoms with Gasteiger partial charge in [-0.2, -0.15) is 0 Å². The molecule has 3 aromatic carbocycles. The van der Waals surface area contributed by atoms with Crippen molar-refractivity contribution in [1.29, 1.82) is 0 Å². The number of nitrogens with zero attached hydrogens (tertiary/aromatic N) is 3. The standard InChI is InChI=1S/C33H34FN5O4/c1-43-24-8-6-7-23(17-24)35-33(42)37-31-32(41)39(20-29(40)38-18-21-13-14-22(19-38)16-15-21)28-12-5-3-10-26(28)30(36-31)25-9-2-4-11-27(25)34/h2-12,17,21-22,31H,13-16,18-20H2,1H3,(H2,35,37,42). The molecule has 7 rings (SSSR count). The third-order valence-electron chi connectivity index (χ3n) is 8.50. The highest BCUT2D eigenvalue weighted by atomic mass is 19.1. The number of carbonyl (C=O) groups is 3. The Morgan fingerprint density at radius 3 is 2.30 bits per heavy atom. The molecule has 9 nitrogen and oxygen atoms in total. The number of urea groups is 1. The lowest BCUT2D eigenvalue weighted by Crippen LogP contribution is -2.51. The van der Waals surface area contributed by atoms with Gasteiger partial charge in [0.1, 0.15) is 18.1 Å². The van der Waals surface area contributed by atoms with E-state index < -0.39 is 23.9 Å². The van der Waals surface area contributed by atoms with Crippen molar-refractivity contribution in [3.63, 3.8) is 0 Å². The van der Waals surface area contributed by atoms with E-state index in [1.807, 2.05) is 4.90 Å². The molecule has 1 atom stereocenters. The van der Waals surface area contributed by atoms with Gasteiger partial charge in [0.15, 0.2) is 0 Å². The van der Waals surface area contributed by atoms with Gasteiger partial charge in [-0.15, -0.1) is 0 Å². The lowest BCUT2D eigenvalue weighted by Gasteiger charge is -2.29. The maximum atomic E-state index is 15.2. The van der Waals surface area contributed by atoms with Crippen LogP contribution in [0.2, 0.25) is 0 Å². The molecule has 0 spiro atoms. The topological polar surface area (TPSA) is 103 Å². The van der Waals surface area contributed by atoms with Crippen molar-refractivity contribution in [2.75, 3.05) is 37.0 Å². The predicted molar refractivity (Wildman–Crippen MR) is 162 cm³/mol. The Bertz CT molecular complexity index is 1550. The molecule has 2 N–H and O–H groups in total. The first-order chi connectivity index (χ1) is 20.9. The van der Waals surface area contributed by atoms with Crippen molar-refractivity contribution in [3.05, 3.63) is 89.7 Å². The van der Waals surface area contributed by atoms with Gasteiger partial charge in [0.05, 0.1) is 18.5 Å². The largest absolute Gasteiger partial charge is 0.497 e. The summed E-state index contributed by atoms with van der Waals surface area (Å²) < 4.78 is 20.4. The molecule has 0 aromatic heterocycles. The average molecular weight is 584 g/mol. The van der Waals surface area contributed by atoms with Crippen molar-refractivity contribution >= 4 is 34.9 Å². The first-order valence-corrected chi connectivity index (χ1v) is 14.6. The summed E-state index contributed by atoms with van der Waals surface area (Å²) in [7, 11) is 1.52. The van der Waals surface area contributed by atoms with E-state index in [4.69, 9.17) is 4.74 Å². The third-order valence-corrected chi connectivity index (χ3v) is 8.50. The maximum Gasteiger partial charge on any atom is 0.321 e. The fraction of sp³-hybridized carbons (Fsp3) is 0.333. The molecule has 3 heterocycles. The lowest BCUT2D eigenvalue weighted by atomic mass is 9.84. The summed E-state index contributed by atoms with van der Waals surface area (Å²) >= 11 is 0. The van der Waals surface area contributed by atoms with E-state index in [2.05, 4.69) is 15.6 Å². The predicted octanol–water partition coefficient (Wildman–Crippen LogP) is 4.81. The number of hydrogen-bond acceptors (Lipinski definition) is 5. The Labute approximate surface area is 249 Å². The van der Waals surface area contributed by atoms with Crippen LogP contribution in [0, 0.1) is 17.7 Å². The number of methoxy groups -OCH3 is 1. The van der Waals surface area contributed by atoms with Crippen LogP contribution in [0.4, 0.5) is 20.6 Å². The monoisotopic (exact) mass is 583 g/mol. The SMILES string of the molecule is COc1cccc(NC(=O)NC2N=C(c3ccccc3F)c3ccccc3N(CC(=O)N3CC4CCC(CC4)C3)C2=O)c1. The second-order valence-electron chi connectivity index (χ2n) is 11.3. The minimum absolute atomic E-state index is 0.157. The number of fused-ring (bicyclic) bond motifs is 5. The molecule has 222 valence electrons. The molecule has 3 aromatic rings. The normalized spacial score (nSPS) is 21.3. The molecule has 4 amide bonds. The number of benzodiazepines with no additional fused rings is 1. The number of rotatable bonds is 6. The van der Waals surface area contributed by atoms with Crippen LogP contribution < -0.4 is 20.3 Å². The zero-order valence-corrected chi connectivity index (χ0v) is 24.0. The highest BCUT2D eigenvalue weighted by Gasteiger charge is 2.37. The summed E-state index contributed by atoms with van der Waals surface area (Å²) in [5.74, 6) is 0.223. The van der Waals surface area contributed by atoms with E-state index in [0.29, 0.717) is 47.6 Å². The van der Waals surface area contributed by atoms with Gasteiger partial charge in [-0.1, -0.05) is 36.4 Å². The number of halogens is 1. The van der Waals surface area contributed by atoms with Gasteiger partial charge < -0.3 is 20.3 Å². The van der Waals surface area contributed by atoms with Crippen molar-refractivity contribution in [2.45, 2.75) is 31.8 Å². The van der Waals surface area contributed by atoms with Crippen molar-refractivity contribution in [1.82, 2.24) is 10.2 Å². The molecule has 1 unspecified atom stereocenters. The highest BCUT2D eigenvalue weighted by Crippen LogP contribution is 2.34. The van der Waals surface area contributed by atoms with Crippen LogP contribution in [0.5, 0.6) is 5.75 Å². The summed E-state index contributed by atoms with van der Waals surface area (Å²) in [5.41, 5.74) is 1.75. The van der Waals surface area contributed by atoms with Gasteiger partial charge in [-0.25, -0.2) is 14.2 Å². The van der Waals surface area contributed by atoms with Crippen LogP contribution in [0.15, 0.2) is 77.8 Å². The van der Waals surface area contributed by atoms with Crippen molar-refractivity contribution < 1.29 is 23.5 Å². The molecule has 3 aliphatic heterocycles. The van der Waals surface area contributed by atoms with Crippen molar-refractivity contribution in [3.8, 4) is 5.75 Å². The molecule has 1 saturated carbocycles. The number of amides is 4. The Morgan fingerprint density at radius 2 is 1.60 bits per heavy atom. The minimum atomic E-state index is -1.43. The summed E-state index contributed by atoms with van der Waals surface area (Å²) in [6.07, 6.45) is 3.05. The first kappa shape index (κ1) is 28.4. The van der Waals surface area contributed by atoms with E-state index in [1.165, 1.54) is 18.1 Å². The number of nitrogens with one attached hydrogen (secondary N) is 2. The van der Waals surface area contributed by atoms with Crippen LogP contribution in [-0.4, -0.2) is 61.4 Å². The number of para-hydroxylation sites is 1. The Balaban J connectivity index is 1.35. The lowest BCUT2D eigenvalue weighted by molar-refractivity contribution is -0.132. The quantitative estimate of drug-likeness (QED) is 0.435. The van der Waals surface area contributed by atoms with E-state index in [0.717, 1.165) is 25.7 Å². The van der Waals surface area contributed by atoms with Crippen LogP contribution >= 0.6 is 0 Å². The molecule has 2 bridgehead atoms. The number of hydrogen-bond donors (Lipinski definition) is 2. The average Bonchev–Trinajstić information content (AvgIpc) is 3.40. The van der Waals surface area contributed by atoms with Crippen LogP contribution in [-0.2, 0) is 9.59 Å². The fourth-order valence-corrected chi connectivity index (χ4v) is 6.28. The molecule has 2 saturated heterocycles. The highest BCUT2D eigenvalue weighted by molar-refractivity contribution is 6.21. The fourth-order valence-electron chi connectivity index (χ4n) is 6.28. The number of benzene rings is 3. The molecule has 10 heteroatoms. The maximum absolute atomic E-state index is 15.2. The Morgan fingerprint density at radius 1 is 0.930 bits per heavy atom. The Kier molecular flexibility index (Phi) is 8.09. The number of carbonyl (C=O) groups excluding carboxylic acids is 3. The van der Waals surface area contributed by atoms with Crippen molar-refractivity contribution in [2.24, 2.45) is 16.8 Å². The van der Waals surface area contributed by atoms with Gasteiger partial charge >= 0.3 is 6.03 Å². The van der Waals surface area contributed by atoms with Gasteiger partial charge in [0.2, 0.25) is 12.1 Å². The minimum Gasteiger partial charge on any atom is -0.497 e. The third kappa shape index (κ3) is 6.09. The summed E-state index contributed by atoms with van der Waals surface area (Å²) in [6.45, 7) is 1.15. The second-order valence-corrected chi connectivity index (χ2v) is 11.3. The number of ether oxygens (including phenoxy) is 1. The molecular weight excluding hydrogens is 549 g/mol. The van der Waals surface area contributed by atoms with Gasteiger partial charge in [0, 0.05) is 36.0 Å². The first-order valence-electron chi connectivity index (χ1n) is 14.6. The van der Waals surface area contributed by atoms with Crippen LogP contribution in [0.25, 0.3) is 0 Å².